The minimum atomic E-state index is -0.803. The molecular formula is C27H29NO3. The van der Waals surface area contributed by atoms with E-state index in [1.807, 2.05) is 84.9 Å². The van der Waals surface area contributed by atoms with Gasteiger partial charge in [-0.15, -0.1) is 0 Å². The standard InChI is InChI=1S/C27H29NO3/c29-20-25(28-17-15-27(30,16-18-28)24-9-5-2-6-10-24)19-22-11-13-26(14-12-22)31-21-23-7-3-1-4-8-23/h1-14,20,25,30H,15-19,21H2. The topological polar surface area (TPSA) is 49.8 Å². The van der Waals surface area contributed by atoms with E-state index in [4.69, 9.17) is 4.74 Å². The van der Waals surface area contributed by atoms with Crippen LogP contribution in [0.5, 0.6) is 5.75 Å². The zero-order valence-electron chi connectivity index (χ0n) is 17.7. The Bertz CT molecular complexity index is 949. The van der Waals surface area contributed by atoms with E-state index >= 15 is 0 Å². The molecule has 0 radical (unpaired) electrons. The van der Waals surface area contributed by atoms with E-state index in [1.54, 1.807) is 0 Å². The number of rotatable bonds is 8. The number of carbonyl (C=O) groups is 1. The highest BCUT2D eigenvalue weighted by Crippen LogP contribution is 2.33. The van der Waals surface area contributed by atoms with Crippen molar-refractivity contribution in [2.24, 2.45) is 0 Å². The van der Waals surface area contributed by atoms with Gasteiger partial charge in [0.15, 0.2) is 0 Å². The van der Waals surface area contributed by atoms with Crippen LogP contribution in [0.2, 0.25) is 0 Å². The highest BCUT2D eigenvalue weighted by atomic mass is 16.5. The van der Waals surface area contributed by atoms with Gasteiger partial charge < -0.3 is 14.6 Å². The third-order valence-electron chi connectivity index (χ3n) is 6.18. The Morgan fingerprint density at radius 2 is 1.48 bits per heavy atom. The first-order valence-electron chi connectivity index (χ1n) is 10.9. The molecule has 0 spiro atoms. The minimum absolute atomic E-state index is 0.184. The van der Waals surface area contributed by atoms with Gasteiger partial charge in [0.1, 0.15) is 18.6 Å². The fraction of sp³-hybridized carbons (Fsp3) is 0.296. The molecule has 1 aliphatic rings. The summed E-state index contributed by atoms with van der Waals surface area (Å²) in [7, 11) is 0. The van der Waals surface area contributed by atoms with Crippen molar-refractivity contribution in [2.45, 2.75) is 37.5 Å². The fourth-order valence-electron chi connectivity index (χ4n) is 4.23. The lowest BCUT2D eigenvalue weighted by molar-refractivity contribution is -0.114. The lowest BCUT2D eigenvalue weighted by Gasteiger charge is -2.40. The summed E-state index contributed by atoms with van der Waals surface area (Å²) in [4.78, 5) is 14.0. The van der Waals surface area contributed by atoms with Crippen LogP contribution in [-0.4, -0.2) is 35.4 Å². The van der Waals surface area contributed by atoms with Crippen molar-refractivity contribution in [2.75, 3.05) is 13.1 Å². The maximum absolute atomic E-state index is 11.8. The monoisotopic (exact) mass is 415 g/mol. The molecule has 4 rings (SSSR count). The van der Waals surface area contributed by atoms with Crippen molar-refractivity contribution < 1.29 is 14.6 Å². The summed E-state index contributed by atoms with van der Waals surface area (Å²) in [5.41, 5.74) is 2.40. The number of hydrogen-bond acceptors (Lipinski definition) is 4. The third-order valence-corrected chi connectivity index (χ3v) is 6.18. The summed E-state index contributed by atoms with van der Waals surface area (Å²) < 4.78 is 5.85. The third kappa shape index (κ3) is 5.40. The first-order chi connectivity index (χ1) is 15.2. The van der Waals surface area contributed by atoms with Gasteiger partial charge in [0, 0.05) is 13.1 Å². The number of hydrogen-bond donors (Lipinski definition) is 1. The van der Waals surface area contributed by atoms with Gasteiger partial charge >= 0.3 is 0 Å². The van der Waals surface area contributed by atoms with E-state index in [9.17, 15) is 9.90 Å². The van der Waals surface area contributed by atoms with Gasteiger partial charge in [0.25, 0.3) is 0 Å². The van der Waals surface area contributed by atoms with Gasteiger partial charge in [0.2, 0.25) is 0 Å². The summed E-state index contributed by atoms with van der Waals surface area (Å²) in [6.07, 6.45) is 2.96. The summed E-state index contributed by atoms with van der Waals surface area (Å²) in [5.74, 6) is 0.821. The molecule has 1 aliphatic heterocycles. The van der Waals surface area contributed by atoms with Gasteiger partial charge in [-0.1, -0.05) is 72.8 Å². The lowest BCUT2D eigenvalue weighted by atomic mass is 9.84. The number of aliphatic hydroxyl groups is 1. The van der Waals surface area contributed by atoms with E-state index in [1.165, 1.54) is 0 Å². The summed E-state index contributed by atoms with van der Waals surface area (Å²) in [5, 5.41) is 11.0. The Labute approximate surface area is 184 Å². The normalized spacial score (nSPS) is 17.1. The van der Waals surface area contributed by atoms with Gasteiger partial charge in [-0.05, 0) is 48.1 Å². The highest BCUT2D eigenvalue weighted by molar-refractivity contribution is 5.58. The van der Waals surface area contributed by atoms with Crippen LogP contribution in [0.15, 0.2) is 84.9 Å². The quantitative estimate of drug-likeness (QED) is 0.556. The Balaban J connectivity index is 1.31. The van der Waals surface area contributed by atoms with Crippen LogP contribution < -0.4 is 4.74 Å². The molecule has 1 unspecified atom stereocenters. The van der Waals surface area contributed by atoms with Crippen LogP contribution in [0.4, 0.5) is 0 Å². The number of aldehydes is 1. The summed E-state index contributed by atoms with van der Waals surface area (Å²) >= 11 is 0. The Morgan fingerprint density at radius 1 is 0.871 bits per heavy atom. The Morgan fingerprint density at radius 3 is 2.10 bits per heavy atom. The van der Waals surface area contributed by atoms with Crippen molar-refractivity contribution in [3.8, 4) is 5.75 Å². The lowest BCUT2D eigenvalue weighted by Crippen LogP contribution is -2.48. The van der Waals surface area contributed by atoms with Crippen LogP contribution >= 0.6 is 0 Å². The molecule has 1 fully saturated rings. The second-order valence-electron chi connectivity index (χ2n) is 8.26. The van der Waals surface area contributed by atoms with E-state index in [-0.39, 0.29) is 6.04 Å². The molecule has 0 aliphatic carbocycles. The van der Waals surface area contributed by atoms with Crippen LogP contribution in [0.25, 0.3) is 0 Å². The van der Waals surface area contributed by atoms with Crippen molar-refractivity contribution in [3.63, 3.8) is 0 Å². The van der Waals surface area contributed by atoms with Crippen LogP contribution in [0, 0.1) is 0 Å². The molecular weight excluding hydrogens is 386 g/mol. The fourth-order valence-corrected chi connectivity index (χ4v) is 4.23. The van der Waals surface area contributed by atoms with Crippen molar-refractivity contribution in [1.29, 1.82) is 0 Å². The first kappa shape index (κ1) is 21.3. The summed E-state index contributed by atoms with van der Waals surface area (Å²) in [6.45, 7) is 1.94. The van der Waals surface area contributed by atoms with Crippen LogP contribution in [-0.2, 0) is 23.4 Å². The van der Waals surface area contributed by atoms with Crippen molar-refractivity contribution in [3.05, 3.63) is 102 Å². The molecule has 0 bridgehead atoms. The predicted octanol–water partition coefficient (Wildman–Crippen LogP) is 4.36. The van der Waals surface area contributed by atoms with Gasteiger partial charge in [-0.25, -0.2) is 0 Å². The SMILES string of the molecule is O=CC(Cc1ccc(OCc2ccccc2)cc1)N1CCC(O)(c2ccccc2)CC1. The number of carbonyl (C=O) groups excluding carboxylic acids is 1. The summed E-state index contributed by atoms with van der Waals surface area (Å²) in [6, 6.07) is 27.7. The number of ether oxygens (including phenoxy) is 1. The molecule has 3 aromatic carbocycles. The maximum atomic E-state index is 11.8. The molecule has 0 amide bonds. The molecule has 4 nitrogen and oxygen atoms in total. The molecule has 160 valence electrons. The van der Waals surface area contributed by atoms with Crippen molar-refractivity contribution >= 4 is 6.29 Å². The van der Waals surface area contributed by atoms with Gasteiger partial charge in [-0.2, -0.15) is 0 Å². The first-order valence-corrected chi connectivity index (χ1v) is 10.9. The van der Waals surface area contributed by atoms with E-state index in [2.05, 4.69) is 4.90 Å². The van der Waals surface area contributed by atoms with Gasteiger partial charge in [0.05, 0.1) is 11.6 Å². The predicted molar refractivity (Wildman–Crippen MR) is 122 cm³/mol. The molecule has 1 saturated heterocycles. The Hall–Kier alpha value is -2.95. The van der Waals surface area contributed by atoms with Crippen LogP contribution in [0.1, 0.15) is 29.5 Å². The average molecular weight is 416 g/mol. The molecule has 31 heavy (non-hydrogen) atoms. The van der Waals surface area contributed by atoms with E-state index in [0.717, 1.165) is 28.7 Å². The molecule has 0 aromatic heterocycles. The number of nitrogens with zero attached hydrogens (tertiary/aromatic N) is 1. The molecule has 1 heterocycles. The zero-order valence-corrected chi connectivity index (χ0v) is 17.7. The molecule has 1 N–H and O–H groups in total. The number of benzene rings is 3. The van der Waals surface area contributed by atoms with Crippen LogP contribution in [0.3, 0.4) is 0 Å². The smallest absolute Gasteiger partial charge is 0.137 e. The van der Waals surface area contributed by atoms with E-state index < -0.39 is 5.60 Å². The second kappa shape index (κ2) is 9.90. The second-order valence-corrected chi connectivity index (χ2v) is 8.26. The average Bonchev–Trinajstić information content (AvgIpc) is 2.84. The largest absolute Gasteiger partial charge is 0.489 e. The number of piperidine rings is 1. The number of likely N-dealkylation sites (tertiary alicyclic amines) is 1. The van der Waals surface area contributed by atoms with Crippen molar-refractivity contribution in [1.82, 2.24) is 4.90 Å². The zero-order chi connectivity index (χ0) is 21.5. The van der Waals surface area contributed by atoms with Gasteiger partial charge in [-0.3, -0.25) is 4.90 Å². The maximum Gasteiger partial charge on any atom is 0.137 e. The Kier molecular flexibility index (Phi) is 6.80. The molecule has 0 saturated carbocycles. The van der Waals surface area contributed by atoms with E-state index in [0.29, 0.717) is 39.0 Å². The highest BCUT2D eigenvalue weighted by Gasteiger charge is 2.35. The molecule has 4 heteroatoms. The minimum Gasteiger partial charge on any atom is -0.489 e. The molecule has 3 aromatic rings. The molecule has 1 atom stereocenters.